The van der Waals surface area contributed by atoms with Gasteiger partial charge in [-0.2, -0.15) is 0 Å². The molecule has 0 aromatic rings. The van der Waals surface area contributed by atoms with Crippen molar-refractivity contribution in [1.82, 2.24) is 10.2 Å². The molecule has 3 fully saturated rings. The Morgan fingerprint density at radius 2 is 1.57 bits per heavy atom. The topological polar surface area (TPSA) is 189 Å². The Morgan fingerprint density at radius 1 is 0.941 bits per heavy atom. The number of aliphatic hydroxyl groups excluding tert-OH is 3. The highest BCUT2D eigenvalue weighted by Crippen LogP contribution is 2.40. The Balaban J connectivity index is 2.15. The zero-order valence-electron chi connectivity index (χ0n) is 33.2. The van der Waals surface area contributed by atoms with E-state index in [0.29, 0.717) is 13.0 Å². The maximum absolute atomic E-state index is 14.1. The van der Waals surface area contributed by atoms with Crippen LogP contribution in [0.15, 0.2) is 0 Å². The molecule has 3 aliphatic heterocycles. The molecule has 0 aromatic carbocycles. The monoisotopic (exact) mass is 734 g/mol. The van der Waals surface area contributed by atoms with Gasteiger partial charge in [-0.25, -0.2) is 0 Å². The number of hydrogen-bond acceptors (Lipinski definition) is 14. The Hall–Kier alpha value is -1.01. The average Bonchev–Trinajstić information content (AvgIpc) is 3.05. The van der Waals surface area contributed by atoms with Gasteiger partial charge in [0.25, 0.3) is 0 Å². The van der Waals surface area contributed by atoms with Gasteiger partial charge >= 0.3 is 5.97 Å². The van der Waals surface area contributed by atoms with E-state index >= 15 is 0 Å². The summed E-state index contributed by atoms with van der Waals surface area (Å²) < 4.78 is 37.4. The average molecular weight is 735 g/mol. The molecule has 3 rings (SSSR count). The van der Waals surface area contributed by atoms with Gasteiger partial charge in [0.1, 0.15) is 30.0 Å². The lowest BCUT2D eigenvalue weighted by molar-refractivity contribution is -0.318. The van der Waals surface area contributed by atoms with Gasteiger partial charge in [-0.15, -0.1) is 0 Å². The van der Waals surface area contributed by atoms with E-state index in [9.17, 15) is 30.3 Å². The van der Waals surface area contributed by atoms with Gasteiger partial charge in [0.05, 0.1) is 41.5 Å². The first-order valence-electron chi connectivity index (χ1n) is 18.8. The molecule has 0 amide bonds. The van der Waals surface area contributed by atoms with Crippen molar-refractivity contribution in [2.24, 2.45) is 17.8 Å². The molecular formula is C37H70N2O12. The van der Waals surface area contributed by atoms with Crippen molar-refractivity contribution in [3.05, 3.63) is 0 Å². The first-order valence-corrected chi connectivity index (χ1v) is 18.8. The van der Waals surface area contributed by atoms with Crippen LogP contribution in [-0.2, 0) is 33.2 Å². The van der Waals surface area contributed by atoms with Crippen LogP contribution >= 0.6 is 0 Å². The van der Waals surface area contributed by atoms with Crippen molar-refractivity contribution in [3.63, 3.8) is 0 Å². The van der Waals surface area contributed by atoms with Crippen LogP contribution in [0.1, 0.15) is 94.9 Å². The first kappa shape index (κ1) is 44.4. The van der Waals surface area contributed by atoms with Crippen LogP contribution in [0.3, 0.4) is 0 Å². The number of aliphatic hydroxyl groups is 5. The third-order valence-electron chi connectivity index (χ3n) is 11.7. The lowest BCUT2D eigenvalue weighted by Crippen LogP contribution is -2.60. The highest BCUT2D eigenvalue weighted by Gasteiger charge is 2.52. The fraction of sp³-hybridized carbons (Fsp3) is 0.973. The van der Waals surface area contributed by atoms with E-state index in [4.69, 9.17) is 28.4 Å². The second-order valence-electron chi connectivity index (χ2n) is 16.7. The van der Waals surface area contributed by atoms with Gasteiger partial charge < -0.3 is 64.2 Å². The van der Waals surface area contributed by atoms with Gasteiger partial charge in [0.15, 0.2) is 12.6 Å². The quantitative estimate of drug-likeness (QED) is 0.207. The molecule has 0 saturated carbocycles. The molecule has 18 atom stereocenters. The second-order valence-corrected chi connectivity index (χ2v) is 16.7. The van der Waals surface area contributed by atoms with E-state index < -0.39 is 96.0 Å². The highest BCUT2D eigenvalue weighted by atomic mass is 16.7. The molecule has 3 aliphatic rings. The normalized spacial score (nSPS) is 49.9. The number of likely N-dealkylation sites (N-methyl/N-ethyl adjacent to an activating group) is 1. The summed E-state index contributed by atoms with van der Waals surface area (Å²) in [5.41, 5.74) is -4.37. The van der Waals surface area contributed by atoms with Gasteiger partial charge in [0, 0.05) is 31.5 Å². The van der Waals surface area contributed by atoms with Crippen molar-refractivity contribution in [2.45, 2.75) is 185 Å². The van der Waals surface area contributed by atoms with Crippen LogP contribution < -0.4 is 5.32 Å². The standard InChI is InChI=1S/C37H70N2O12/c1-14-26-37(10,45)30(41)23(6)38-18-19(2)16-35(8,44)32(51-34-28(40)25(39(11)12)15-20(3)47-34)21(4)29(22(5)33(43)49-26)50-27-17-36(9,46-13)31(42)24(7)48-27/h19-32,34,38,40-42,44-45H,14-18H2,1-13H3/t19-,20-,21+,22-,23-,24+,25+,26?,27+,28-,29+,30+,31+,32-,34+,35-,36-,37-/m1/s1. The maximum Gasteiger partial charge on any atom is 0.311 e. The number of carbonyl (C=O) groups is 1. The van der Waals surface area contributed by atoms with E-state index in [1.165, 1.54) is 14.0 Å². The van der Waals surface area contributed by atoms with Crippen LogP contribution in [0.5, 0.6) is 0 Å². The molecular weight excluding hydrogens is 664 g/mol. The molecule has 3 heterocycles. The number of hydrogen-bond donors (Lipinski definition) is 6. The van der Waals surface area contributed by atoms with Crippen LogP contribution in [0, 0.1) is 17.8 Å². The summed E-state index contributed by atoms with van der Waals surface area (Å²) in [6.45, 7) is 17.8. The van der Waals surface area contributed by atoms with Crippen molar-refractivity contribution < 1.29 is 58.7 Å². The fourth-order valence-electron chi connectivity index (χ4n) is 8.36. The van der Waals surface area contributed by atoms with Crippen molar-refractivity contribution >= 4 is 5.97 Å². The Labute approximate surface area is 305 Å². The zero-order chi connectivity index (χ0) is 38.8. The summed E-state index contributed by atoms with van der Waals surface area (Å²) in [4.78, 5) is 16.1. The predicted octanol–water partition coefficient (Wildman–Crippen LogP) is 1.56. The van der Waals surface area contributed by atoms with Gasteiger partial charge in [-0.3, -0.25) is 4.79 Å². The van der Waals surface area contributed by atoms with Crippen LogP contribution in [0.2, 0.25) is 0 Å². The summed E-state index contributed by atoms with van der Waals surface area (Å²) in [5, 5.41) is 60.9. The molecule has 0 radical (unpaired) electrons. The summed E-state index contributed by atoms with van der Waals surface area (Å²) in [7, 11) is 5.27. The Bertz CT molecular complexity index is 1110. The Kier molecular flexibility index (Phi) is 15.3. The first-order chi connectivity index (χ1) is 23.5. The van der Waals surface area contributed by atoms with Crippen LogP contribution in [0.4, 0.5) is 0 Å². The number of rotatable bonds is 7. The summed E-state index contributed by atoms with van der Waals surface area (Å²) >= 11 is 0. The smallest absolute Gasteiger partial charge is 0.311 e. The van der Waals surface area contributed by atoms with E-state index in [1.54, 1.807) is 41.5 Å². The number of nitrogens with zero attached hydrogens (tertiary/aromatic N) is 1. The minimum absolute atomic E-state index is 0.132. The summed E-state index contributed by atoms with van der Waals surface area (Å²) in [5.74, 6) is -2.60. The molecule has 0 aromatic heterocycles. The van der Waals surface area contributed by atoms with Crippen molar-refractivity contribution in [3.8, 4) is 0 Å². The van der Waals surface area contributed by atoms with Gasteiger partial charge in [0.2, 0.25) is 0 Å². The number of esters is 1. The minimum atomic E-state index is -1.80. The fourth-order valence-corrected chi connectivity index (χ4v) is 8.36. The minimum Gasteiger partial charge on any atom is -0.459 e. The molecule has 3 saturated heterocycles. The lowest BCUT2D eigenvalue weighted by Gasteiger charge is -2.48. The molecule has 1 unspecified atom stereocenters. The Morgan fingerprint density at radius 3 is 2.14 bits per heavy atom. The van der Waals surface area contributed by atoms with E-state index in [2.05, 4.69) is 5.32 Å². The zero-order valence-corrected chi connectivity index (χ0v) is 33.2. The number of nitrogens with one attached hydrogen (secondary N) is 1. The number of carbonyl (C=O) groups excluding carboxylic acids is 1. The maximum atomic E-state index is 14.1. The molecule has 300 valence electrons. The third-order valence-corrected chi connectivity index (χ3v) is 11.7. The second kappa shape index (κ2) is 17.6. The largest absolute Gasteiger partial charge is 0.459 e. The summed E-state index contributed by atoms with van der Waals surface area (Å²) in [6.07, 6.45) is -8.22. The SMILES string of the molecule is CCC1OC(=O)[C@H](C)[C@@H](O[C@H]2C[C@@](C)(OC)[C@@H](O)[C@H](C)O2)[C@H](C)[C@@H](O[C@@H]2O[C@H](C)C[C@H](N(C)C)[C@H]2O)[C@](C)(O)C[C@@H](C)CN[C@H](C)[C@H](O)[C@]1(C)O. The molecule has 51 heavy (non-hydrogen) atoms. The molecule has 0 spiro atoms. The summed E-state index contributed by atoms with van der Waals surface area (Å²) in [6, 6.07) is -0.858. The van der Waals surface area contributed by atoms with Crippen molar-refractivity contribution in [1.29, 1.82) is 0 Å². The van der Waals surface area contributed by atoms with Crippen LogP contribution in [0.25, 0.3) is 0 Å². The highest BCUT2D eigenvalue weighted by molar-refractivity contribution is 5.73. The number of cyclic esters (lactones) is 1. The molecule has 14 heteroatoms. The van der Waals surface area contributed by atoms with Crippen molar-refractivity contribution in [2.75, 3.05) is 27.7 Å². The molecule has 0 aliphatic carbocycles. The van der Waals surface area contributed by atoms with E-state index in [-0.39, 0.29) is 37.3 Å². The predicted molar refractivity (Wildman–Crippen MR) is 190 cm³/mol. The number of methoxy groups -OCH3 is 1. The van der Waals surface area contributed by atoms with E-state index in [0.717, 1.165) is 0 Å². The molecule has 14 nitrogen and oxygen atoms in total. The van der Waals surface area contributed by atoms with Gasteiger partial charge in [-0.05, 0) is 94.3 Å². The van der Waals surface area contributed by atoms with E-state index in [1.807, 2.05) is 39.8 Å². The molecule has 6 N–H and O–H groups in total. The third kappa shape index (κ3) is 10.2. The van der Waals surface area contributed by atoms with Crippen LogP contribution in [-0.4, -0.2) is 154 Å². The lowest BCUT2D eigenvalue weighted by atomic mass is 9.77. The molecule has 0 bridgehead atoms. The van der Waals surface area contributed by atoms with Gasteiger partial charge in [-0.1, -0.05) is 20.8 Å². The number of ether oxygens (including phenoxy) is 6.